The minimum absolute atomic E-state index is 0.247. The molecule has 0 unspecified atom stereocenters. The third-order valence-electron chi connectivity index (χ3n) is 2.41. The molecule has 4 nitrogen and oxygen atoms in total. The highest BCUT2D eigenvalue weighted by Gasteiger charge is 2.04. The topological polar surface area (TPSA) is 56.0 Å². The molecule has 0 fully saturated rings. The number of benzene rings is 1. The first kappa shape index (κ1) is 12.7. The lowest BCUT2D eigenvalue weighted by molar-refractivity contribution is -0.605. The van der Waals surface area contributed by atoms with Crippen molar-refractivity contribution in [3.05, 3.63) is 71.2 Å². The van der Waals surface area contributed by atoms with E-state index < -0.39 is 0 Å². The molecule has 0 aliphatic carbocycles. The van der Waals surface area contributed by atoms with E-state index in [0.29, 0.717) is 10.3 Å². The molecule has 0 bridgehead atoms. The van der Waals surface area contributed by atoms with E-state index in [0.717, 1.165) is 5.56 Å². The van der Waals surface area contributed by atoms with Gasteiger partial charge in [-0.1, -0.05) is 30.0 Å². The van der Waals surface area contributed by atoms with Gasteiger partial charge in [0.2, 0.25) is 0 Å². The fourth-order valence-corrected chi connectivity index (χ4v) is 1.46. The average molecular weight is 252 g/mol. The van der Waals surface area contributed by atoms with Crippen LogP contribution in [0.15, 0.2) is 54.9 Å². The molecule has 2 aromatic rings. The Morgan fingerprint density at radius 1 is 1.16 bits per heavy atom. The summed E-state index contributed by atoms with van der Waals surface area (Å²) >= 11 is 0. The van der Waals surface area contributed by atoms with Gasteiger partial charge >= 0.3 is 0 Å². The minimum Gasteiger partial charge on any atom is -0.619 e. The maximum atomic E-state index is 11.7. The number of carbonyl (C=O) groups is 1. The molecule has 1 aromatic heterocycles. The molecule has 0 aliphatic rings. The van der Waals surface area contributed by atoms with Crippen molar-refractivity contribution in [2.75, 3.05) is 6.54 Å². The summed E-state index contributed by atoms with van der Waals surface area (Å²) in [5.41, 5.74) is 1.34. The van der Waals surface area contributed by atoms with Gasteiger partial charge in [-0.2, -0.15) is 4.73 Å². The van der Waals surface area contributed by atoms with E-state index in [9.17, 15) is 10.0 Å². The van der Waals surface area contributed by atoms with Gasteiger partial charge in [0.25, 0.3) is 5.91 Å². The van der Waals surface area contributed by atoms with Gasteiger partial charge in [0.15, 0.2) is 12.4 Å². The predicted molar refractivity (Wildman–Crippen MR) is 71.1 cm³/mol. The molecular formula is C15H12N2O2. The van der Waals surface area contributed by atoms with Crippen LogP contribution in [-0.4, -0.2) is 12.5 Å². The number of hydrogen-bond acceptors (Lipinski definition) is 2. The van der Waals surface area contributed by atoms with Crippen LogP contribution in [0.25, 0.3) is 0 Å². The lowest BCUT2D eigenvalue weighted by atomic mass is 10.2. The SMILES string of the molecule is O=C(NCC#Cc1ccccc1)c1cc[n+]([O-])cc1. The van der Waals surface area contributed by atoms with Gasteiger partial charge in [-0.15, -0.1) is 0 Å². The number of nitrogens with zero attached hydrogens (tertiary/aromatic N) is 1. The number of pyridine rings is 1. The Balaban J connectivity index is 1.88. The second-order valence-electron chi connectivity index (χ2n) is 3.80. The van der Waals surface area contributed by atoms with Crippen molar-refractivity contribution >= 4 is 5.91 Å². The van der Waals surface area contributed by atoms with Gasteiger partial charge in [0.1, 0.15) is 0 Å². The molecule has 0 radical (unpaired) electrons. The van der Waals surface area contributed by atoms with Gasteiger partial charge < -0.3 is 10.5 Å². The zero-order valence-corrected chi connectivity index (χ0v) is 10.2. The Labute approximate surface area is 111 Å². The molecule has 4 heteroatoms. The number of aromatic nitrogens is 1. The smallest absolute Gasteiger partial charge is 0.252 e. The summed E-state index contributed by atoms with van der Waals surface area (Å²) in [5, 5.41) is 13.5. The third kappa shape index (κ3) is 3.86. The maximum Gasteiger partial charge on any atom is 0.252 e. The van der Waals surface area contributed by atoms with Crippen LogP contribution in [0.2, 0.25) is 0 Å². The quantitative estimate of drug-likeness (QED) is 0.494. The third-order valence-corrected chi connectivity index (χ3v) is 2.41. The fourth-order valence-electron chi connectivity index (χ4n) is 1.46. The summed E-state index contributed by atoms with van der Waals surface area (Å²) in [6, 6.07) is 12.5. The lowest BCUT2D eigenvalue weighted by Crippen LogP contribution is -2.27. The molecule has 0 aliphatic heterocycles. The Morgan fingerprint density at radius 3 is 2.53 bits per heavy atom. The minimum atomic E-state index is -0.247. The van der Waals surface area contributed by atoms with E-state index in [1.807, 2.05) is 30.3 Å². The molecule has 0 spiro atoms. The van der Waals surface area contributed by atoms with Crippen molar-refractivity contribution in [2.24, 2.45) is 0 Å². The normalized spacial score (nSPS) is 9.26. The van der Waals surface area contributed by atoms with E-state index in [1.165, 1.54) is 24.5 Å². The molecular weight excluding hydrogens is 240 g/mol. The van der Waals surface area contributed by atoms with Crippen molar-refractivity contribution in [1.29, 1.82) is 0 Å². The molecule has 94 valence electrons. The number of nitrogens with one attached hydrogen (secondary N) is 1. The highest BCUT2D eigenvalue weighted by atomic mass is 16.5. The molecule has 1 N–H and O–H groups in total. The molecule has 1 amide bonds. The average Bonchev–Trinajstić information content (AvgIpc) is 2.45. The van der Waals surface area contributed by atoms with Gasteiger partial charge in [-0.25, -0.2) is 0 Å². The first-order valence-electron chi connectivity index (χ1n) is 5.76. The van der Waals surface area contributed by atoms with E-state index in [-0.39, 0.29) is 12.5 Å². The van der Waals surface area contributed by atoms with Crippen LogP contribution in [0.5, 0.6) is 0 Å². The van der Waals surface area contributed by atoms with Crippen LogP contribution in [0.3, 0.4) is 0 Å². The molecule has 1 aromatic carbocycles. The summed E-state index contributed by atoms with van der Waals surface area (Å²) in [5.74, 6) is 5.56. The first-order chi connectivity index (χ1) is 9.25. The van der Waals surface area contributed by atoms with Crippen LogP contribution in [0, 0.1) is 17.0 Å². The van der Waals surface area contributed by atoms with E-state index in [4.69, 9.17) is 0 Å². The van der Waals surface area contributed by atoms with E-state index in [1.54, 1.807) is 0 Å². The van der Waals surface area contributed by atoms with E-state index in [2.05, 4.69) is 17.2 Å². The molecule has 0 atom stereocenters. The first-order valence-corrected chi connectivity index (χ1v) is 5.76. The molecule has 0 saturated heterocycles. The maximum absolute atomic E-state index is 11.7. The fraction of sp³-hybridized carbons (Fsp3) is 0.0667. The standard InChI is InChI=1S/C15H12N2O2/c18-15(14-8-11-17(19)12-9-14)16-10-4-7-13-5-2-1-3-6-13/h1-3,5-6,8-9,11-12H,10H2,(H,16,18). The Morgan fingerprint density at radius 2 is 1.84 bits per heavy atom. The lowest BCUT2D eigenvalue weighted by Gasteiger charge is -2.00. The van der Waals surface area contributed by atoms with Crippen LogP contribution < -0.4 is 10.0 Å². The summed E-state index contributed by atoms with van der Waals surface area (Å²) in [6.07, 6.45) is 2.56. The molecule has 1 heterocycles. The Hall–Kier alpha value is -2.80. The van der Waals surface area contributed by atoms with Crippen molar-refractivity contribution in [1.82, 2.24) is 5.32 Å². The summed E-state index contributed by atoms with van der Waals surface area (Å²) in [6.45, 7) is 0.264. The van der Waals surface area contributed by atoms with Crippen molar-refractivity contribution in [3.8, 4) is 11.8 Å². The summed E-state index contributed by atoms with van der Waals surface area (Å²) in [7, 11) is 0. The van der Waals surface area contributed by atoms with Gasteiger partial charge in [-0.05, 0) is 12.1 Å². The monoisotopic (exact) mass is 252 g/mol. The van der Waals surface area contributed by atoms with Gasteiger partial charge in [0, 0.05) is 17.7 Å². The van der Waals surface area contributed by atoms with Gasteiger partial charge in [-0.3, -0.25) is 4.79 Å². The molecule has 0 saturated carbocycles. The Bertz CT molecular complexity index is 610. The zero-order valence-electron chi connectivity index (χ0n) is 10.2. The second kappa shape index (κ2) is 6.22. The number of carbonyl (C=O) groups excluding carboxylic acids is 1. The molecule has 19 heavy (non-hydrogen) atoms. The van der Waals surface area contributed by atoms with E-state index >= 15 is 0 Å². The highest BCUT2D eigenvalue weighted by molar-refractivity contribution is 5.94. The number of rotatable bonds is 2. The van der Waals surface area contributed by atoms with Crippen molar-refractivity contribution in [3.63, 3.8) is 0 Å². The van der Waals surface area contributed by atoms with Crippen LogP contribution in [0.1, 0.15) is 15.9 Å². The van der Waals surface area contributed by atoms with Crippen LogP contribution >= 0.6 is 0 Å². The second-order valence-corrected chi connectivity index (χ2v) is 3.80. The van der Waals surface area contributed by atoms with Crippen molar-refractivity contribution in [2.45, 2.75) is 0 Å². The van der Waals surface area contributed by atoms with Crippen LogP contribution in [-0.2, 0) is 0 Å². The highest BCUT2D eigenvalue weighted by Crippen LogP contribution is 1.95. The van der Waals surface area contributed by atoms with Gasteiger partial charge in [0.05, 0.1) is 12.1 Å². The molecule has 2 rings (SSSR count). The number of hydrogen-bond donors (Lipinski definition) is 1. The van der Waals surface area contributed by atoms with Crippen LogP contribution in [0.4, 0.5) is 0 Å². The number of amides is 1. The zero-order chi connectivity index (χ0) is 13.5. The summed E-state index contributed by atoms with van der Waals surface area (Å²) < 4.78 is 0.631. The Kier molecular flexibility index (Phi) is 4.14. The largest absolute Gasteiger partial charge is 0.619 e. The van der Waals surface area contributed by atoms with Crippen molar-refractivity contribution < 1.29 is 9.52 Å². The predicted octanol–water partition coefficient (Wildman–Crippen LogP) is 1.10. The summed E-state index contributed by atoms with van der Waals surface area (Å²) in [4.78, 5) is 11.7.